The maximum absolute atomic E-state index is 11.6. The molecule has 1 aromatic heterocycles. The van der Waals surface area contributed by atoms with Gasteiger partial charge in [0.05, 0.1) is 12.2 Å². The van der Waals surface area contributed by atoms with Crippen LogP contribution in [0.25, 0.3) is 0 Å². The lowest BCUT2D eigenvalue weighted by Crippen LogP contribution is -2.20. The molecule has 0 fully saturated rings. The van der Waals surface area contributed by atoms with Crippen LogP contribution in [0.3, 0.4) is 0 Å². The van der Waals surface area contributed by atoms with E-state index >= 15 is 0 Å². The first-order chi connectivity index (χ1) is 7.56. The van der Waals surface area contributed by atoms with Crippen molar-refractivity contribution in [3.63, 3.8) is 0 Å². The Balaban J connectivity index is 2.89. The predicted molar refractivity (Wildman–Crippen MR) is 59.3 cm³/mol. The molecule has 0 saturated heterocycles. The zero-order valence-corrected chi connectivity index (χ0v) is 9.52. The first kappa shape index (κ1) is 12.2. The molecule has 0 radical (unpaired) electrons. The molecule has 0 aliphatic carbocycles. The van der Waals surface area contributed by atoms with Crippen LogP contribution in [-0.2, 0) is 4.79 Å². The van der Waals surface area contributed by atoms with E-state index in [-0.39, 0.29) is 17.1 Å². The van der Waals surface area contributed by atoms with Gasteiger partial charge in [0.2, 0.25) is 11.2 Å². The van der Waals surface area contributed by atoms with Crippen LogP contribution < -0.4 is 10.2 Å². The van der Waals surface area contributed by atoms with Crippen molar-refractivity contribution < 1.29 is 13.9 Å². The van der Waals surface area contributed by atoms with Gasteiger partial charge in [-0.15, -0.1) is 0 Å². The number of ether oxygens (including phenoxy) is 1. The molecule has 16 heavy (non-hydrogen) atoms. The molecule has 0 spiro atoms. The van der Waals surface area contributed by atoms with Crippen LogP contribution in [-0.4, -0.2) is 5.97 Å². The minimum absolute atomic E-state index is 0.0381. The predicted octanol–water partition coefficient (Wildman–Crippen LogP) is 2.07. The molecule has 0 aromatic carbocycles. The van der Waals surface area contributed by atoms with Gasteiger partial charge in [0.25, 0.3) is 0 Å². The maximum Gasteiger partial charge on any atom is 0.318 e. The van der Waals surface area contributed by atoms with E-state index in [1.807, 2.05) is 6.92 Å². The third-order valence-electron chi connectivity index (χ3n) is 2.06. The molecule has 0 bridgehead atoms. The zero-order valence-electron chi connectivity index (χ0n) is 9.52. The summed E-state index contributed by atoms with van der Waals surface area (Å²) in [6.45, 7) is 5.08. The molecule has 0 aliphatic rings. The molecule has 0 amide bonds. The van der Waals surface area contributed by atoms with Gasteiger partial charge in [0.15, 0.2) is 0 Å². The number of rotatable bonds is 3. The van der Waals surface area contributed by atoms with Gasteiger partial charge in [-0.2, -0.15) is 0 Å². The van der Waals surface area contributed by atoms with Crippen LogP contribution in [0.4, 0.5) is 0 Å². The summed E-state index contributed by atoms with van der Waals surface area (Å²) in [5.41, 5.74) is -0.357. The number of esters is 1. The summed E-state index contributed by atoms with van der Waals surface area (Å²) in [5.74, 6) is -0.596. The molecule has 0 saturated carbocycles. The van der Waals surface area contributed by atoms with Gasteiger partial charge >= 0.3 is 5.97 Å². The second-order valence-electron chi connectivity index (χ2n) is 3.41. The molecule has 4 heteroatoms. The highest BCUT2D eigenvalue weighted by Crippen LogP contribution is 2.13. The van der Waals surface area contributed by atoms with Crippen molar-refractivity contribution in [1.82, 2.24) is 0 Å². The van der Waals surface area contributed by atoms with Crippen LogP contribution in [0.2, 0.25) is 0 Å². The number of carbonyl (C=O) groups excluding carboxylic acids is 1. The second-order valence-corrected chi connectivity index (χ2v) is 3.41. The summed E-state index contributed by atoms with van der Waals surface area (Å²) in [7, 11) is 0. The summed E-state index contributed by atoms with van der Waals surface area (Å²) in [6, 6.07) is 1.22. The SMILES string of the molecule is C/C=C/C(C)C(=O)Oc1c(C)occc1=O. The number of aryl methyl sites for hydroxylation is 1. The Morgan fingerprint density at radius 2 is 2.25 bits per heavy atom. The average molecular weight is 222 g/mol. The van der Waals surface area contributed by atoms with Gasteiger partial charge in [-0.25, -0.2) is 0 Å². The van der Waals surface area contributed by atoms with Crippen molar-refractivity contribution in [1.29, 1.82) is 0 Å². The molecule has 1 aromatic rings. The van der Waals surface area contributed by atoms with E-state index < -0.39 is 5.97 Å². The smallest absolute Gasteiger partial charge is 0.318 e. The quantitative estimate of drug-likeness (QED) is 0.580. The van der Waals surface area contributed by atoms with Gasteiger partial charge in [-0.1, -0.05) is 12.2 Å². The molecule has 4 nitrogen and oxygen atoms in total. The Bertz CT molecular complexity index is 456. The average Bonchev–Trinajstić information content (AvgIpc) is 2.23. The highest BCUT2D eigenvalue weighted by Gasteiger charge is 2.16. The van der Waals surface area contributed by atoms with Gasteiger partial charge in [0, 0.05) is 6.07 Å². The standard InChI is InChI=1S/C12H14O4/c1-4-5-8(2)12(14)16-11-9(3)15-7-6-10(11)13/h4-8H,1-3H3/b5-4+. The monoisotopic (exact) mass is 222 g/mol. The van der Waals surface area contributed by atoms with Gasteiger partial charge in [-0.05, 0) is 20.8 Å². The highest BCUT2D eigenvalue weighted by atomic mass is 16.5. The van der Waals surface area contributed by atoms with Crippen molar-refractivity contribution in [2.24, 2.45) is 5.92 Å². The molecular weight excluding hydrogens is 208 g/mol. The van der Waals surface area contributed by atoms with Crippen LogP contribution in [0.1, 0.15) is 19.6 Å². The molecule has 0 aliphatic heterocycles. The molecule has 1 atom stereocenters. The van der Waals surface area contributed by atoms with Crippen LogP contribution in [0.15, 0.2) is 33.7 Å². The lowest BCUT2D eigenvalue weighted by atomic mass is 10.2. The van der Waals surface area contributed by atoms with Gasteiger partial charge < -0.3 is 9.15 Å². The van der Waals surface area contributed by atoms with Crippen LogP contribution in [0, 0.1) is 12.8 Å². The Morgan fingerprint density at radius 3 is 2.81 bits per heavy atom. The summed E-state index contributed by atoms with van der Waals surface area (Å²) in [5, 5.41) is 0. The fourth-order valence-corrected chi connectivity index (χ4v) is 1.18. The zero-order chi connectivity index (χ0) is 12.1. The van der Waals surface area contributed by atoms with Crippen molar-refractivity contribution in [3.8, 4) is 5.75 Å². The number of carbonyl (C=O) groups is 1. The second kappa shape index (κ2) is 5.30. The minimum Gasteiger partial charge on any atom is -0.465 e. The third-order valence-corrected chi connectivity index (χ3v) is 2.06. The summed E-state index contributed by atoms with van der Waals surface area (Å²) < 4.78 is 9.98. The van der Waals surface area contributed by atoms with Crippen molar-refractivity contribution in [2.45, 2.75) is 20.8 Å². The molecule has 0 N–H and O–H groups in total. The fraction of sp³-hybridized carbons (Fsp3) is 0.333. The first-order valence-electron chi connectivity index (χ1n) is 4.99. The molecule has 86 valence electrons. The largest absolute Gasteiger partial charge is 0.465 e. The first-order valence-corrected chi connectivity index (χ1v) is 4.99. The van der Waals surface area contributed by atoms with E-state index in [1.54, 1.807) is 26.0 Å². The summed E-state index contributed by atoms with van der Waals surface area (Å²) in [6.07, 6.45) is 4.72. The minimum atomic E-state index is -0.472. The van der Waals surface area contributed by atoms with Crippen molar-refractivity contribution in [2.75, 3.05) is 0 Å². The molecule has 1 rings (SSSR count). The van der Waals surface area contributed by atoms with Gasteiger partial charge in [-0.3, -0.25) is 9.59 Å². The molecular formula is C12H14O4. The molecule has 1 unspecified atom stereocenters. The number of allylic oxidation sites excluding steroid dienone is 1. The van der Waals surface area contributed by atoms with Crippen LogP contribution in [0.5, 0.6) is 5.75 Å². The van der Waals surface area contributed by atoms with E-state index in [4.69, 9.17) is 9.15 Å². The summed E-state index contributed by atoms with van der Waals surface area (Å²) >= 11 is 0. The Labute approximate surface area is 93.5 Å². The van der Waals surface area contributed by atoms with E-state index in [0.29, 0.717) is 5.76 Å². The third kappa shape index (κ3) is 2.82. The maximum atomic E-state index is 11.6. The lowest BCUT2D eigenvalue weighted by Gasteiger charge is -2.07. The topological polar surface area (TPSA) is 56.5 Å². The number of hydrogen-bond acceptors (Lipinski definition) is 4. The Kier molecular flexibility index (Phi) is 4.05. The van der Waals surface area contributed by atoms with E-state index in [2.05, 4.69) is 0 Å². The van der Waals surface area contributed by atoms with Crippen molar-refractivity contribution in [3.05, 3.63) is 40.5 Å². The Hall–Kier alpha value is -1.84. The van der Waals surface area contributed by atoms with Crippen molar-refractivity contribution >= 4 is 5.97 Å². The fourth-order valence-electron chi connectivity index (χ4n) is 1.18. The van der Waals surface area contributed by atoms with E-state index in [0.717, 1.165) is 0 Å². The molecule has 1 heterocycles. The van der Waals surface area contributed by atoms with Gasteiger partial charge in [0.1, 0.15) is 5.76 Å². The Morgan fingerprint density at radius 1 is 1.56 bits per heavy atom. The van der Waals surface area contributed by atoms with Crippen LogP contribution >= 0.6 is 0 Å². The van der Waals surface area contributed by atoms with E-state index in [1.165, 1.54) is 12.3 Å². The number of hydrogen-bond donors (Lipinski definition) is 0. The summed E-state index contributed by atoms with van der Waals surface area (Å²) in [4.78, 5) is 23.0. The highest BCUT2D eigenvalue weighted by molar-refractivity contribution is 5.76. The normalized spacial score (nSPS) is 12.7. The van der Waals surface area contributed by atoms with E-state index in [9.17, 15) is 9.59 Å². The lowest BCUT2D eigenvalue weighted by molar-refractivity contribution is -0.137.